The van der Waals surface area contributed by atoms with Crippen molar-refractivity contribution in [2.24, 2.45) is 0 Å². The van der Waals surface area contributed by atoms with Crippen molar-refractivity contribution < 1.29 is 35.8 Å². The van der Waals surface area contributed by atoms with Crippen molar-refractivity contribution in [3.8, 4) is 68.8 Å². The van der Waals surface area contributed by atoms with E-state index in [0.717, 1.165) is 47.0 Å². The van der Waals surface area contributed by atoms with Crippen LogP contribution < -0.4 is 19.3 Å². The number of aromatic nitrogens is 2. The van der Waals surface area contributed by atoms with Crippen molar-refractivity contribution >= 4 is 77.7 Å². The second kappa shape index (κ2) is 18.7. The van der Waals surface area contributed by atoms with Gasteiger partial charge in [-0.15, -0.1) is 0 Å². The molecule has 0 spiro atoms. The zero-order chi connectivity index (χ0) is 57.2. The van der Waals surface area contributed by atoms with Crippen molar-refractivity contribution in [1.82, 2.24) is 9.13 Å². The topological polar surface area (TPSA) is 82.4 Å². The maximum Gasteiger partial charge on any atom is 0.416 e. The van der Waals surface area contributed by atoms with Crippen LogP contribution in [-0.4, -0.2) is 9.13 Å². The maximum absolute atomic E-state index is 15.1. The summed E-state index contributed by atoms with van der Waals surface area (Å²) in [4.78, 5) is 4.09. The van der Waals surface area contributed by atoms with Crippen LogP contribution >= 0.6 is 0 Å². The molecule has 2 aliphatic rings. The normalized spacial score (nSPS) is 12.8. The van der Waals surface area contributed by atoms with E-state index >= 15 is 26.3 Å². The van der Waals surface area contributed by atoms with Gasteiger partial charge in [0.1, 0.15) is 12.1 Å². The highest BCUT2D eigenvalue weighted by molar-refractivity contribution is 6.14. The first-order chi connectivity index (χ1) is 40.9. The highest BCUT2D eigenvalue weighted by atomic mass is 19.4. The largest absolute Gasteiger partial charge is 0.453 e. The minimum Gasteiger partial charge on any atom is -0.453 e. The van der Waals surface area contributed by atoms with Crippen LogP contribution in [0.1, 0.15) is 22.3 Å². The lowest BCUT2D eigenvalue weighted by Gasteiger charge is -2.34. The van der Waals surface area contributed by atoms with Crippen molar-refractivity contribution in [2.45, 2.75) is 12.4 Å². The predicted molar refractivity (Wildman–Crippen MR) is 315 cm³/mol. The number of anilines is 6. The number of halogens is 6. The molecule has 0 radical (unpaired) electrons. The Morgan fingerprint density at radius 1 is 0.333 bits per heavy atom. The molecule has 402 valence electrons. The second-order valence-corrected chi connectivity index (χ2v) is 20.4. The highest BCUT2D eigenvalue weighted by Crippen LogP contribution is 2.57. The van der Waals surface area contributed by atoms with E-state index in [4.69, 9.17) is 9.47 Å². The van der Waals surface area contributed by atoms with Gasteiger partial charge in [0.05, 0.1) is 78.4 Å². The molecule has 0 fully saturated rings. The molecule has 0 saturated carbocycles. The van der Waals surface area contributed by atoms with Crippen LogP contribution in [0.4, 0.5) is 60.5 Å². The van der Waals surface area contributed by atoms with E-state index in [-0.39, 0.29) is 44.7 Å². The molecule has 84 heavy (non-hydrogen) atoms. The number of alkyl halides is 6. The molecule has 14 heteroatoms. The average Bonchev–Trinajstić information content (AvgIpc) is 1.46. The van der Waals surface area contributed by atoms with Crippen LogP contribution in [0.5, 0.6) is 23.0 Å². The van der Waals surface area contributed by atoms with Gasteiger partial charge in [0.15, 0.2) is 23.0 Å². The third kappa shape index (κ3) is 7.61. The Kier molecular flexibility index (Phi) is 11.1. The van der Waals surface area contributed by atoms with Crippen LogP contribution in [-0.2, 0) is 12.4 Å². The van der Waals surface area contributed by atoms with Gasteiger partial charge in [0.2, 0.25) is 0 Å². The first-order valence-electron chi connectivity index (χ1n) is 26.7. The Balaban J connectivity index is 1.15. The molecule has 0 saturated heterocycles. The van der Waals surface area contributed by atoms with Gasteiger partial charge in [-0.3, -0.25) is 0 Å². The van der Waals surface area contributed by atoms with Crippen molar-refractivity contribution in [2.75, 3.05) is 9.80 Å². The number of benzene rings is 11. The minimum absolute atomic E-state index is 0.0287. The van der Waals surface area contributed by atoms with Crippen molar-refractivity contribution in [3.63, 3.8) is 0 Å². The summed E-state index contributed by atoms with van der Waals surface area (Å²) in [5.41, 5.74) is 4.11. The zero-order valence-electron chi connectivity index (χ0n) is 43.7. The molecular weight excluding hydrogens is 1070 g/mol. The van der Waals surface area contributed by atoms with Crippen LogP contribution in [0.25, 0.3) is 77.2 Å². The van der Waals surface area contributed by atoms with E-state index in [1.54, 1.807) is 69.8 Å². The van der Waals surface area contributed by atoms with Gasteiger partial charge in [-0.2, -0.15) is 36.9 Å². The van der Waals surface area contributed by atoms with Crippen LogP contribution in [0.2, 0.25) is 0 Å². The Bertz CT molecular complexity index is 4680. The summed E-state index contributed by atoms with van der Waals surface area (Å²) in [5, 5.41) is 26.0. The van der Waals surface area contributed by atoms with E-state index in [2.05, 4.69) is 12.1 Å². The van der Waals surface area contributed by atoms with Crippen molar-refractivity contribution in [1.29, 1.82) is 10.5 Å². The number of rotatable bonds is 6. The summed E-state index contributed by atoms with van der Waals surface area (Å²) in [6.07, 6.45) is -9.61. The fraction of sp³-hybridized carbons (Fsp3) is 0.0286. The van der Waals surface area contributed by atoms with Crippen molar-refractivity contribution in [3.05, 3.63) is 253 Å². The first kappa shape index (κ1) is 49.8. The van der Waals surface area contributed by atoms with E-state index in [1.807, 2.05) is 143 Å². The first-order valence-corrected chi connectivity index (χ1v) is 26.7. The number of ether oxygens (including phenoxy) is 2. The lowest BCUT2D eigenvalue weighted by atomic mass is 9.85. The van der Waals surface area contributed by atoms with Crippen LogP contribution in [0.15, 0.2) is 231 Å². The Labute approximate surface area is 474 Å². The monoisotopic (exact) mass is 1110 g/mol. The zero-order valence-corrected chi connectivity index (χ0v) is 43.7. The third-order valence-electron chi connectivity index (χ3n) is 15.8. The molecule has 13 aromatic rings. The standard InChI is InChI=1S/C70H38F6N6O2/c71-69(72,73)43-29-31-49-47-19-7-9-21-53(47)81(59(49)37-43)67-51(39-77)52(40-78)68(82-54-22-10-8-20-48(54)50-32-30-44(38-60(50)82)70(74,75)76)66(42-28-34-58-64(36-42)84-62-26-14-12-24-56(62)80(58)46-17-5-2-6-18-46)65(67)41-27-33-57-63(35-41)83-61-25-13-11-23-55(61)79(57)45-15-3-1-4-16-45/h1-38H. The second-order valence-electron chi connectivity index (χ2n) is 20.4. The van der Waals surface area contributed by atoms with Gasteiger partial charge in [0, 0.05) is 44.0 Å². The van der Waals surface area contributed by atoms with E-state index in [0.29, 0.717) is 78.1 Å². The summed E-state index contributed by atoms with van der Waals surface area (Å²) < 4.78 is 108. The fourth-order valence-electron chi connectivity index (χ4n) is 12.3. The third-order valence-corrected chi connectivity index (χ3v) is 15.8. The molecule has 0 N–H and O–H groups in total. The smallest absolute Gasteiger partial charge is 0.416 e. The molecule has 0 atom stereocenters. The molecule has 2 aromatic heterocycles. The lowest BCUT2D eigenvalue weighted by Crippen LogP contribution is -2.16. The number of hydrogen-bond donors (Lipinski definition) is 0. The number of nitrogens with zero attached hydrogens (tertiary/aromatic N) is 6. The number of fused-ring (bicyclic) bond motifs is 10. The summed E-state index contributed by atoms with van der Waals surface area (Å²) in [6.45, 7) is 0. The molecule has 0 amide bonds. The molecule has 0 unspecified atom stereocenters. The predicted octanol–water partition coefficient (Wildman–Crippen LogP) is 20.1. The Morgan fingerprint density at radius 3 is 1.10 bits per heavy atom. The fourth-order valence-corrected chi connectivity index (χ4v) is 12.3. The molecule has 0 aliphatic carbocycles. The van der Waals surface area contributed by atoms with Crippen LogP contribution in [0.3, 0.4) is 0 Å². The molecule has 11 aromatic carbocycles. The Hall–Kier alpha value is -11.2. The number of nitriles is 2. The quantitative estimate of drug-likeness (QED) is 0.154. The minimum atomic E-state index is -4.80. The van der Waals surface area contributed by atoms with Gasteiger partial charge < -0.3 is 28.4 Å². The van der Waals surface area contributed by atoms with Gasteiger partial charge in [0.25, 0.3) is 0 Å². The molecular formula is C70H38F6N6O2. The van der Waals surface area contributed by atoms with Gasteiger partial charge in [-0.05, 0) is 120 Å². The maximum atomic E-state index is 15.1. The SMILES string of the molecule is N#Cc1c(C#N)c(-n2c3ccccc3c3ccc(C(F)(F)F)cc32)c(-c2ccc3c(c2)Oc2ccccc2N3c2ccccc2)c(-c2ccc3c(c2)Oc2ccccc2N3c2ccccc2)c1-n1c2ccccc2c2ccc(C(F)(F)F)cc21. The number of hydrogen-bond acceptors (Lipinski definition) is 6. The Morgan fingerprint density at radius 2 is 0.690 bits per heavy atom. The molecule has 0 bridgehead atoms. The molecule has 8 nitrogen and oxygen atoms in total. The summed E-state index contributed by atoms with van der Waals surface area (Å²) in [6, 6.07) is 71.1. The van der Waals surface area contributed by atoms with E-state index in [9.17, 15) is 10.5 Å². The van der Waals surface area contributed by atoms with Gasteiger partial charge in [-0.25, -0.2) is 0 Å². The summed E-state index contributed by atoms with van der Waals surface area (Å²) in [5.74, 6) is 1.72. The van der Waals surface area contributed by atoms with Crippen LogP contribution in [0, 0.1) is 22.7 Å². The molecule has 15 rings (SSSR count). The van der Waals surface area contributed by atoms with Gasteiger partial charge in [-0.1, -0.05) is 121 Å². The van der Waals surface area contributed by atoms with Gasteiger partial charge >= 0.3 is 12.4 Å². The average molecular weight is 1110 g/mol. The molecule has 2 aliphatic heterocycles. The molecule has 4 heterocycles. The lowest BCUT2D eigenvalue weighted by molar-refractivity contribution is -0.138. The van der Waals surface area contributed by atoms with E-state index in [1.165, 1.54) is 12.1 Å². The highest BCUT2D eigenvalue weighted by Gasteiger charge is 2.38. The number of para-hydroxylation sites is 8. The summed E-state index contributed by atoms with van der Waals surface area (Å²) in [7, 11) is 0. The van der Waals surface area contributed by atoms with E-state index < -0.39 is 23.5 Å². The summed E-state index contributed by atoms with van der Waals surface area (Å²) >= 11 is 0.